The molecule has 1 nitrogen and oxygen atoms in total. The molecule has 0 saturated heterocycles. The van der Waals surface area contributed by atoms with E-state index in [0.29, 0.717) is 0 Å². The average Bonchev–Trinajstić information content (AvgIpc) is 3.04. The third-order valence-corrected chi connectivity index (χ3v) is 9.66. The summed E-state index contributed by atoms with van der Waals surface area (Å²) in [4.78, 5) is 0. The first-order chi connectivity index (χ1) is 9.15. The van der Waals surface area contributed by atoms with Crippen molar-refractivity contribution in [3.8, 4) is 0 Å². The summed E-state index contributed by atoms with van der Waals surface area (Å²) in [5, 5.41) is 0. The number of rotatable bonds is 6. The van der Waals surface area contributed by atoms with Crippen LogP contribution in [0.3, 0.4) is 0 Å². The van der Waals surface area contributed by atoms with Crippen LogP contribution in [-0.4, -0.2) is 8.32 Å². The predicted molar refractivity (Wildman–Crippen MR) is 79.8 cm³/mol. The fourth-order valence-electron chi connectivity index (χ4n) is 2.81. The van der Waals surface area contributed by atoms with Crippen LogP contribution >= 0.6 is 0 Å². The van der Waals surface area contributed by atoms with Gasteiger partial charge in [-0.25, -0.2) is 0 Å². The SMILES string of the molecule is CC[Si](CC)(CC)OC1=C(C2=[C]([Ti+2])CC=C2)CC=C1.[Cl-].[Cl-]. The summed E-state index contributed by atoms with van der Waals surface area (Å²) in [5.41, 5.74) is 2.84. The maximum absolute atomic E-state index is 6.58. The van der Waals surface area contributed by atoms with Gasteiger partial charge in [-0.15, -0.1) is 0 Å². The maximum Gasteiger partial charge on any atom is -1.00 e. The van der Waals surface area contributed by atoms with Gasteiger partial charge in [0, 0.05) is 0 Å². The van der Waals surface area contributed by atoms with Crippen molar-refractivity contribution in [2.45, 2.75) is 51.7 Å². The first kappa shape index (κ1) is 21.3. The van der Waals surface area contributed by atoms with Crippen LogP contribution in [0.25, 0.3) is 0 Å². The third-order valence-electron chi connectivity index (χ3n) is 4.40. The molecule has 0 bridgehead atoms. The molecule has 115 valence electrons. The molecule has 0 radical (unpaired) electrons. The Kier molecular flexibility index (Phi) is 9.54. The van der Waals surface area contributed by atoms with Crippen LogP contribution in [-0.2, 0) is 24.9 Å². The van der Waals surface area contributed by atoms with E-state index in [1.165, 1.54) is 33.2 Å². The van der Waals surface area contributed by atoms with Gasteiger partial charge in [-0.05, 0) is 0 Å². The van der Waals surface area contributed by atoms with Crippen molar-refractivity contribution in [2.75, 3.05) is 0 Å². The molecule has 21 heavy (non-hydrogen) atoms. The van der Waals surface area contributed by atoms with Crippen molar-refractivity contribution in [3.05, 3.63) is 45.1 Å². The summed E-state index contributed by atoms with van der Waals surface area (Å²) < 4.78 is 8.07. The zero-order valence-corrected chi connectivity index (χ0v) is 17.1. The molecule has 0 heterocycles. The largest absolute Gasteiger partial charge is 1.00 e. The van der Waals surface area contributed by atoms with Crippen molar-refractivity contribution in [2.24, 2.45) is 0 Å². The molecule has 0 aromatic heterocycles. The van der Waals surface area contributed by atoms with Crippen molar-refractivity contribution in [1.29, 1.82) is 0 Å². The van der Waals surface area contributed by atoms with E-state index >= 15 is 0 Å². The Bertz CT molecular complexity index is 468. The first-order valence-electron chi connectivity index (χ1n) is 7.36. The number of hydrogen-bond acceptors (Lipinski definition) is 1. The van der Waals surface area contributed by atoms with Crippen LogP contribution in [0, 0.1) is 0 Å². The van der Waals surface area contributed by atoms with Gasteiger partial charge in [-0.2, -0.15) is 0 Å². The van der Waals surface area contributed by atoms with Gasteiger partial charge in [-0.3, -0.25) is 0 Å². The minimum atomic E-state index is -1.55. The van der Waals surface area contributed by atoms with E-state index in [9.17, 15) is 0 Å². The standard InChI is InChI=1S/C16H23OSi.2ClH.Ti/c1-4-18(5-2,6-3)17-16-13-9-12-15(16)14-10-7-8-11-14;;;/h7,9-10,13H,4-6,8,12H2,1-3H3;2*1H;/q;;;+2/p-2. The first-order valence-corrected chi connectivity index (χ1v) is 10.7. The molecule has 0 aromatic rings. The van der Waals surface area contributed by atoms with E-state index in [4.69, 9.17) is 4.43 Å². The predicted octanol–water partition coefficient (Wildman–Crippen LogP) is -1.01. The van der Waals surface area contributed by atoms with Gasteiger partial charge in [-0.1, -0.05) is 0 Å². The molecule has 0 spiro atoms. The van der Waals surface area contributed by atoms with Gasteiger partial charge in [0.05, 0.1) is 0 Å². The van der Waals surface area contributed by atoms with E-state index in [0.717, 1.165) is 18.6 Å². The zero-order valence-electron chi connectivity index (χ0n) is 13.0. The molecule has 0 atom stereocenters. The van der Waals surface area contributed by atoms with E-state index in [-0.39, 0.29) is 24.8 Å². The van der Waals surface area contributed by atoms with Gasteiger partial charge in [0.2, 0.25) is 0 Å². The second-order valence-electron chi connectivity index (χ2n) is 5.29. The number of hydrogen-bond donors (Lipinski definition) is 0. The third kappa shape index (κ3) is 4.62. The molecule has 0 aromatic carbocycles. The second-order valence-corrected chi connectivity index (χ2v) is 10.9. The molecule has 0 N–H and O–H groups in total. The topological polar surface area (TPSA) is 9.23 Å². The summed E-state index contributed by atoms with van der Waals surface area (Å²) in [6.07, 6.45) is 11.1. The fraction of sp³-hybridized carbons (Fsp3) is 0.500. The van der Waals surface area contributed by atoms with E-state index in [1.54, 1.807) is 0 Å². The minimum Gasteiger partial charge on any atom is -1.00 e. The van der Waals surface area contributed by atoms with Crippen LogP contribution in [0.1, 0.15) is 33.6 Å². The van der Waals surface area contributed by atoms with Crippen LogP contribution in [0.2, 0.25) is 18.1 Å². The normalized spacial score (nSPS) is 17.2. The number of allylic oxidation sites excluding steroid dienone is 7. The van der Waals surface area contributed by atoms with E-state index in [1.807, 2.05) is 0 Å². The molecular weight excluding hydrogens is 355 g/mol. The quantitative estimate of drug-likeness (QED) is 0.539. The maximum atomic E-state index is 6.58. The Morgan fingerprint density at radius 3 is 2.05 bits per heavy atom. The average molecular weight is 378 g/mol. The smallest absolute Gasteiger partial charge is 1.00 e. The Hall–Kier alpha value is 0.271. The Morgan fingerprint density at radius 1 is 1.00 bits per heavy atom. The minimum absolute atomic E-state index is 0. The van der Waals surface area contributed by atoms with Crippen molar-refractivity contribution in [1.82, 2.24) is 0 Å². The van der Waals surface area contributed by atoms with Crippen LogP contribution in [0.4, 0.5) is 0 Å². The molecule has 0 aliphatic heterocycles. The Morgan fingerprint density at radius 2 is 1.57 bits per heavy atom. The monoisotopic (exact) mass is 377 g/mol. The van der Waals surface area contributed by atoms with Crippen LogP contribution in [0.5, 0.6) is 0 Å². The van der Waals surface area contributed by atoms with Crippen LogP contribution < -0.4 is 24.8 Å². The van der Waals surface area contributed by atoms with Gasteiger partial charge >= 0.3 is 130 Å². The van der Waals surface area contributed by atoms with Crippen molar-refractivity contribution < 1.29 is 49.7 Å². The molecule has 2 aliphatic carbocycles. The molecular formula is C16H23Cl2OSiTi. The number of halogens is 2. The van der Waals surface area contributed by atoms with Crippen molar-refractivity contribution >= 4 is 8.32 Å². The van der Waals surface area contributed by atoms with Gasteiger partial charge in [0.25, 0.3) is 0 Å². The van der Waals surface area contributed by atoms with Gasteiger partial charge in [0.15, 0.2) is 0 Å². The fourth-order valence-corrected chi connectivity index (χ4v) is 5.95. The summed E-state index contributed by atoms with van der Waals surface area (Å²) in [6.45, 7) is 6.87. The molecule has 2 rings (SSSR count). The zero-order chi connectivity index (χ0) is 13.9. The second kappa shape index (κ2) is 9.42. The Labute approximate surface area is 154 Å². The van der Waals surface area contributed by atoms with Crippen LogP contribution in [0.15, 0.2) is 45.1 Å². The van der Waals surface area contributed by atoms with Crippen molar-refractivity contribution in [3.63, 3.8) is 0 Å². The summed E-state index contributed by atoms with van der Waals surface area (Å²) >= 11 is 2.24. The molecule has 0 saturated carbocycles. The summed E-state index contributed by atoms with van der Waals surface area (Å²) in [7, 11) is -1.55. The molecule has 0 amide bonds. The van der Waals surface area contributed by atoms with E-state index < -0.39 is 8.32 Å². The molecule has 0 fully saturated rings. The molecule has 2 aliphatic rings. The summed E-state index contributed by atoms with van der Waals surface area (Å²) in [5.74, 6) is 1.16. The Balaban J connectivity index is 0.00000200. The van der Waals surface area contributed by atoms with E-state index in [2.05, 4.69) is 65.5 Å². The molecule has 0 unspecified atom stereocenters. The van der Waals surface area contributed by atoms with Gasteiger partial charge < -0.3 is 24.8 Å². The molecule has 5 heteroatoms. The summed E-state index contributed by atoms with van der Waals surface area (Å²) in [6, 6.07) is 3.62. The van der Waals surface area contributed by atoms with Gasteiger partial charge in [0.1, 0.15) is 0 Å².